The largest absolute Gasteiger partial charge is 0.497 e. The van der Waals surface area contributed by atoms with Crippen LogP contribution in [0.1, 0.15) is 39.9 Å². The Kier molecular flexibility index (Phi) is 8.34. The lowest BCUT2D eigenvalue weighted by Gasteiger charge is -2.21. The molecule has 2 fully saturated rings. The highest BCUT2D eigenvalue weighted by atomic mass is 19.3. The van der Waals surface area contributed by atoms with Gasteiger partial charge in [-0.2, -0.15) is 8.78 Å². The van der Waals surface area contributed by atoms with Crippen molar-refractivity contribution in [2.24, 2.45) is 5.92 Å². The number of pyridine rings is 1. The Labute approximate surface area is 235 Å². The third kappa shape index (κ3) is 5.95. The molecule has 5 rings (SSSR count). The van der Waals surface area contributed by atoms with Crippen LogP contribution in [0.15, 0.2) is 65.6 Å². The molecule has 1 aromatic heterocycles. The molecule has 3 atom stereocenters. The number of hydrogen-bond donors (Lipinski definition) is 1. The van der Waals surface area contributed by atoms with Crippen LogP contribution in [0.2, 0.25) is 0 Å². The van der Waals surface area contributed by atoms with Gasteiger partial charge in [-0.3, -0.25) is 14.4 Å². The first-order valence-electron chi connectivity index (χ1n) is 13.3. The topological polar surface area (TPSA) is 99.1 Å². The Morgan fingerprint density at radius 3 is 2.41 bits per heavy atom. The van der Waals surface area contributed by atoms with E-state index in [1.807, 2.05) is 30.3 Å². The van der Waals surface area contributed by atoms with Crippen molar-refractivity contribution >= 4 is 17.5 Å². The first-order valence-corrected chi connectivity index (χ1v) is 13.3. The number of alkyl halides is 2. The third-order valence-corrected chi connectivity index (χ3v) is 7.68. The zero-order chi connectivity index (χ0) is 29.1. The molecule has 11 heteroatoms. The molecule has 2 unspecified atom stereocenters. The maximum Gasteiger partial charge on any atom is 0.387 e. The number of benzene rings is 2. The first kappa shape index (κ1) is 28.3. The van der Waals surface area contributed by atoms with Crippen molar-refractivity contribution in [1.82, 2.24) is 9.88 Å². The fraction of sp³-hybridized carbons (Fsp3) is 0.367. The molecule has 3 aromatic rings. The molecule has 2 aliphatic heterocycles. The number of aromatic nitrogens is 1. The highest BCUT2D eigenvalue weighted by Crippen LogP contribution is 2.37. The second-order valence-electron chi connectivity index (χ2n) is 10.1. The SMILES string of the molecule is COc1ccc([C@@H]2CN(c3c(C)ccn(C4CCOC4)c3=O)C(=O)C2CNC(=O)c2ccc(OC(F)F)cc2)cc1. The minimum Gasteiger partial charge on any atom is -0.497 e. The van der Waals surface area contributed by atoms with E-state index < -0.39 is 18.4 Å². The molecule has 0 saturated carbocycles. The summed E-state index contributed by atoms with van der Waals surface area (Å²) < 4.78 is 41.7. The zero-order valence-corrected chi connectivity index (χ0v) is 22.7. The predicted molar refractivity (Wildman–Crippen MR) is 147 cm³/mol. The standard InChI is InChI=1S/C30H31F2N3O6/c1-18-11-13-34(21-12-14-40-17-21)29(38)26(18)35-16-25(19-3-7-22(39-2)8-4-19)24(28(35)37)15-33-27(36)20-5-9-23(10-6-20)41-30(31)32/h3-11,13,21,24-25,30H,12,14-17H2,1-2H3,(H,33,36)/t21?,24?,25-/m0/s1. The average Bonchev–Trinajstić information content (AvgIpc) is 3.61. The Morgan fingerprint density at radius 2 is 1.78 bits per heavy atom. The lowest BCUT2D eigenvalue weighted by molar-refractivity contribution is -0.120. The van der Waals surface area contributed by atoms with Crippen LogP contribution in [-0.4, -0.2) is 56.4 Å². The van der Waals surface area contributed by atoms with Crippen molar-refractivity contribution in [3.05, 3.63) is 87.8 Å². The molecule has 9 nitrogen and oxygen atoms in total. The van der Waals surface area contributed by atoms with Gasteiger partial charge in [0.25, 0.3) is 11.5 Å². The van der Waals surface area contributed by atoms with Gasteiger partial charge in [0.1, 0.15) is 17.2 Å². The molecular weight excluding hydrogens is 536 g/mol. The van der Waals surface area contributed by atoms with Gasteiger partial charge in [0, 0.05) is 37.4 Å². The summed E-state index contributed by atoms with van der Waals surface area (Å²) in [5.74, 6) is -1.11. The molecule has 216 valence electrons. The van der Waals surface area contributed by atoms with Gasteiger partial charge in [-0.25, -0.2) is 0 Å². The van der Waals surface area contributed by atoms with Crippen molar-refractivity contribution in [3.63, 3.8) is 0 Å². The second-order valence-corrected chi connectivity index (χ2v) is 10.1. The van der Waals surface area contributed by atoms with Crippen molar-refractivity contribution in [1.29, 1.82) is 0 Å². The van der Waals surface area contributed by atoms with E-state index in [0.29, 0.717) is 36.6 Å². The molecule has 0 spiro atoms. The maximum absolute atomic E-state index is 13.9. The number of nitrogens with one attached hydrogen (secondary N) is 1. The third-order valence-electron chi connectivity index (χ3n) is 7.68. The van der Waals surface area contributed by atoms with Crippen LogP contribution in [0, 0.1) is 12.8 Å². The van der Waals surface area contributed by atoms with Gasteiger partial charge < -0.3 is 29.0 Å². The normalized spacial score (nSPS) is 20.5. The lowest BCUT2D eigenvalue weighted by atomic mass is 9.88. The number of ether oxygens (including phenoxy) is 3. The molecule has 2 aromatic carbocycles. The number of carbonyl (C=O) groups is 2. The van der Waals surface area contributed by atoms with Crippen LogP contribution in [-0.2, 0) is 9.53 Å². The highest BCUT2D eigenvalue weighted by molar-refractivity contribution is 6.00. The van der Waals surface area contributed by atoms with E-state index in [9.17, 15) is 23.2 Å². The summed E-state index contributed by atoms with van der Waals surface area (Å²) in [6.45, 7) is 0.118. The van der Waals surface area contributed by atoms with E-state index in [-0.39, 0.29) is 47.8 Å². The number of halogens is 2. The first-order chi connectivity index (χ1) is 19.8. The van der Waals surface area contributed by atoms with E-state index in [1.165, 1.54) is 29.2 Å². The summed E-state index contributed by atoms with van der Waals surface area (Å²) in [5, 5.41) is 2.81. The molecular formula is C30H31F2N3O6. The monoisotopic (exact) mass is 567 g/mol. The molecule has 2 amide bonds. The highest BCUT2D eigenvalue weighted by Gasteiger charge is 2.43. The summed E-state index contributed by atoms with van der Waals surface area (Å²) in [7, 11) is 1.57. The molecule has 2 saturated heterocycles. The number of aryl methyl sites for hydroxylation is 1. The van der Waals surface area contributed by atoms with Gasteiger partial charge in [0.15, 0.2) is 0 Å². The number of anilines is 1. The van der Waals surface area contributed by atoms with Crippen molar-refractivity contribution in [2.75, 3.05) is 38.3 Å². The maximum atomic E-state index is 13.9. The van der Waals surface area contributed by atoms with E-state index in [0.717, 1.165) is 5.56 Å². The van der Waals surface area contributed by atoms with Crippen molar-refractivity contribution in [3.8, 4) is 11.5 Å². The molecule has 1 N–H and O–H groups in total. The van der Waals surface area contributed by atoms with Crippen molar-refractivity contribution in [2.45, 2.75) is 31.9 Å². The van der Waals surface area contributed by atoms with Crippen LogP contribution >= 0.6 is 0 Å². The van der Waals surface area contributed by atoms with Gasteiger partial charge in [-0.1, -0.05) is 12.1 Å². The number of methoxy groups -OCH3 is 1. The van der Waals surface area contributed by atoms with Gasteiger partial charge in [-0.15, -0.1) is 0 Å². The number of carbonyl (C=O) groups excluding carboxylic acids is 2. The summed E-state index contributed by atoms with van der Waals surface area (Å²) in [6, 6.07) is 14.4. The van der Waals surface area contributed by atoms with Crippen LogP contribution < -0.4 is 25.2 Å². The molecule has 0 bridgehead atoms. The number of hydrogen-bond acceptors (Lipinski definition) is 6. The molecule has 0 radical (unpaired) electrons. The molecule has 3 heterocycles. The quantitative estimate of drug-likeness (QED) is 0.421. The Hall–Kier alpha value is -4.25. The van der Waals surface area contributed by atoms with E-state index in [4.69, 9.17) is 9.47 Å². The molecule has 41 heavy (non-hydrogen) atoms. The van der Waals surface area contributed by atoms with E-state index >= 15 is 0 Å². The summed E-state index contributed by atoms with van der Waals surface area (Å²) in [6.07, 6.45) is 2.46. The Morgan fingerprint density at radius 1 is 1.07 bits per heavy atom. The number of rotatable bonds is 9. The minimum absolute atomic E-state index is 0.0106. The summed E-state index contributed by atoms with van der Waals surface area (Å²) in [4.78, 5) is 42.0. The minimum atomic E-state index is -2.97. The van der Waals surface area contributed by atoms with Gasteiger partial charge in [-0.05, 0) is 66.9 Å². The van der Waals surface area contributed by atoms with Crippen molar-refractivity contribution < 1.29 is 32.6 Å². The van der Waals surface area contributed by atoms with Gasteiger partial charge >= 0.3 is 6.61 Å². The summed E-state index contributed by atoms with van der Waals surface area (Å²) in [5.41, 5.74) is 1.86. The second kappa shape index (κ2) is 12.1. The predicted octanol–water partition coefficient (Wildman–Crippen LogP) is 3.90. The zero-order valence-electron chi connectivity index (χ0n) is 22.7. The van der Waals surface area contributed by atoms with E-state index in [1.54, 1.807) is 24.8 Å². The average molecular weight is 568 g/mol. The number of nitrogens with zero attached hydrogens (tertiary/aromatic N) is 2. The Balaban J connectivity index is 1.42. The smallest absolute Gasteiger partial charge is 0.387 e. The van der Waals surface area contributed by atoms with E-state index in [2.05, 4.69) is 10.1 Å². The van der Waals surface area contributed by atoms with Crippen LogP contribution in [0.4, 0.5) is 14.5 Å². The summed E-state index contributed by atoms with van der Waals surface area (Å²) >= 11 is 0. The van der Waals surface area contributed by atoms with Crippen LogP contribution in [0.25, 0.3) is 0 Å². The number of amides is 2. The fourth-order valence-electron chi connectivity index (χ4n) is 5.49. The van der Waals surface area contributed by atoms with Crippen LogP contribution in [0.3, 0.4) is 0 Å². The van der Waals surface area contributed by atoms with Gasteiger partial charge in [0.2, 0.25) is 5.91 Å². The van der Waals surface area contributed by atoms with Gasteiger partial charge in [0.05, 0.1) is 25.7 Å². The van der Waals surface area contributed by atoms with Crippen LogP contribution in [0.5, 0.6) is 11.5 Å². The molecule has 2 aliphatic rings. The molecule has 0 aliphatic carbocycles. The Bertz CT molecular complexity index is 1450. The lowest BCUT2D eigenvalue weighted by Crippen LogP contribution is -2.38. The fourth-order valence-corrected chi connectivity index (χ4v) is 5.49.